The minimum atomic E-state index is 0.353. The monoisotopic (exact) mass is 134 g/mol. The molecule has 0 radical (unpaired) electrons. The van der Waals surface area contributed by atoms with Crippen LogP contribution in [0.5, 0.6) is 5.75 Å². The van der Waals surface area contributed by atoms with Crippen LogP contribution in [0.2, 0.25) is 0 Å². The van der Waals surface area contributed by atoms with E-state index in [-0.39, 0.29) is 0 Å². The van der Waals surface area contributed by atoms with Gasteiger partial charge in [0.2, 0.25) is 0 Å². The first-order chi connectivity index (χ1) is 4.70. The highest BCUT2D eigenvalue weighted by atomic mass is 16.3. The first-order valence-electron chi connectivity index (χ1n) is 3.49. The van der Waals surface area contributed by atoms with Crippen LogP contribution in [-0.2, 0) is 0 Å². The van der Waals surface area contributed by atoms with Crippen molar-refractivity contribution < 1.29 is 5.11 Å². The molecule has 0 aliphatic rings. The van der Waals surface area contributed by atoms with Crippen LogP contribution in [0.15, 0.2) is 24.3 Å². The molecule has 0 aromatic heterocycles. The van der Waals surface area contributed by atoms with Gasteiger partial charge in [-0.1, -0.05) is 19.1 Å². The van der Waals surface area contributed by atoms with Gasteiger partial charge in [0, 0.05) is 0 Å². The van der Waals surface area contributed by atoms with Crippen molar-refractivity contribution in [2.75, 3.05) is 0 Å². The number of benzene rings is 1. The number of hydrogen-bond donors (Lipinski definition) is 1. The summed E-state index contributed by atoms with van der Waals surface area (Å²) in [5.41, 5.74) is 1.18. The molecule has 0 fully saturated rings. The molecule has 1 nitrogen and oxygen atoms in total. The highest BCUT2D eigenvalue weighted by Crippen LogP contribution is 2.16. The van der Waals surface area contributed by atoms with Crippen molar-refractivity contribution in [3.63, 3.8) is 0 Å². The van der Waals surface area contributed by atoms with E-state index in [1.165, 1.54) is 5.56 Å². The molecule has 1 aromatic carbocycles. The van der Waals surface area contributed by atoms with Gasteiger partial charge in [-0.3, -0.25) is 0 Å². The second-order valence-corrected chi connectivity index (χ2v) is 2.75. The lowest BCUT2D eigenvalue weighted by atomic mass is 9.83. The molecule has 1 unspecified atom stereocenters. The molecule has 2 heteroatoms. The highest BCUT2D eigenvalue weighted by molar-refractivity contribution is 6.12. The third kappa shape index (κ3) is 1.53. The van der Waals surface area contributed by atoms with Crippen molar-refractivity contribution in [3.8, 4) is 5.75 Å². The number of aromatic hydroxyl groups is 1. The van der Waals surface area contributed by atoms with E-state index in [2.05, 4.69) is 14.8 Å². The SMILES string of the molecule is BC(C)c1cccc(O)c1. The molecule has 0 amide bonds. The molecule has 0 bridgehead atoms. The van der Waals surface area contributed by atoms with Crippen LogP contribution in [0.1, 0.15) is 18.3 Å². The maximum atomic E-state index is 9.06. The van der Waals surface area contributed by atoms with E-state index in [0.717, 1.165) is 0 Å². The zero-order valence-electron chi connectivity index (χ0n) is 6.33. The molecule has 1 aromatic rings. The van der Waals surface area contributed by atoms with E-state index in [1.807, 2.05) is 12.1 Å². The molecule has 0 heterocycles. The number of rotatable bonds is 1. The first-order valence-corrected chi connectivity index (χ1v) is 3.49. The van der Waals surface area contributed by atoms with Gasteiger partial charge in [-0.25, -0.2) is 0 Å². The van der Waals surface area contributed by atoms with E-state index in [1.54, 1.807) is 12.1 Å². The quantitative estimate of drug-likeness (QED) is 0.570. The molecular formula is C8H11BO. The van der Waals surface area contributed by atoms with E-state index in [9.17, 15) is 0 Å². The summed E-state index contributed by atoms with van der Waals surface area (Å²) in [4.78, 5) is 0. The van der Waals surface area contributed by atoms with Gasteiger partial charge in [-0.2, -0.15) is 0 Å². The lowest BCUT2D eigenvalue weighted by molar-refractivity contribution is 0.474. The van der Waals surface area contributed by atoms with Crippen LogP contribution in [0.4, 0.5) is 0 Å². The Balaban J connectivity index is 2.96. The third-order valence-electron chi connectivity index (χ3n) is 1.54. The predicted molar refractivity (Wildman–Crippen MR) is 45.1 cm³/mol. The van der Waals surface area contributed by atoms with E-state index in [0.29, 0.717) is 11.6 Å². The summed E-state index contributed by atoms with van der Waals surface area (Å²) in [5.74, 6) is 0.846. The van der Waals surface area contributed by atoms with Gasteiger partial charge in [0.05, 0.1) is 0 Å². The van der Waals surface area contributed by atoms with E-state index >= 15 is 0 Å². The van der Waals surface area contributed by atoms with Gasteiger partial charge in [-0.05, 0) is 23.5 Å². The van der Waals surface area contributed by atoms with Crippen LogP contribution in [0, 0.1) is 0 Å². The van der Waals surface area contributed by atoms with Gasteiger partial charge in [0.15, 0.2) is 0 Å². The fourth-order valence-electron chi connectivity index (χ4n) is 0.884. The summed E-state index contributed by atoms with van der Waals surface area (Å²) in [5, 5.41) is 9.06. The van der Waals surface area contributed by atoms with E-state index in [4.69, 9.17) is 5.11 Å². The minimum absolute atomic E-state index is 0.353. The molecule has 0 saturated heterocycles. The highest BCUT2D eigenvalue weighted by Gasteiger charge is 1.97. The fraction of sp³-hybridized carbons (Fsp3) is 0.250. The van der Waals surface area contributed by atoms with Crippen molar-refractivity contribution in [1.82, 2.24) is 0 Å². The normalized spacial score (nSPS) is 12.9. The summed E-state index contributed by atoms with van der Waals surface area (Å²) in [6, 6.07) is 7.37. The largest absolute Gasteiger partial charge is 0.508 e. The smallest absolute Gasteiger partial charge is 0.115 e. The summed E-state index contributed by atoms with van der Waals surface area (Å²) in [7, 11) is 2.11. The molecule has 1 atom stereocenters. The number of hydrogen-bond acceptors (Lipinski definition) is 1. The van der Waals surface area contributed by atoms with Gasteiger partial charge in [-0.15, -0.1) is 0 Å². The van der Waals surface area contributed by atoms with Crippen molar-refractivity contribution in [2.24, 2.45) is 0 Å². The van der Waals surface area contributed by atoms with Crippen molar-refractivity contribution in [1.29, 1.82) is 0 Å². The fourth-order valence-corrected chi connectivity index (χ4v) is 0.884. The standard InChI is InChI=1S/C8H11BO/c1-6(9)7-3-2-4-8(10)5-7/h2-6,10H,9H2,1H3. The Hall–Kier alpha value is -0.915. The Labute approximate surface area is 62.1 Å². The summed E-state index contributed by atoms with van der Waals surface area (Å²) < 4.78 is 0. The van der Waals surface area contributed by atoms with E-state index < -0.39 is 0 Å². The lowest BCUT2D eigenvalue weighted by Crippen LogP contribution is -1.89. The topological polar surface area (TPSA) is 20.2 Å². The Kier molecular flexibility index (Phi) is 2.00. The van der Waals surface area contributed by atoms with Crippen LogP contribution >= 0.6 is 0 Å². The van der Waals surface area contributed by atoms with Crippen molar-refractivity contribution >= 4 is 7.85 Å². The molecule has 1 N–H and O–H groups in total. The van der Waals surface area contributed by atoms with Gasteiger partial charge in [0.1, 0.15) is 13.6 Å². The molecule has 1 rings (SSSR count). The Morgan fingerprint density at radius 1 is 1.50 bits per heavy atom. The molecule has 0 saturated carbocycles. The van der Waals surface area contributed by atoms with Crippen LogP contribution < -0.4 is 0 Å². The zero-order valence-corrected chi connectivity index (χ0v) is 6.33. The second kappa shape index (κ2) is 2.78. The van der Waals surface area contributed by atoms with Gasteiger partial charge in [0.25, 0.3) is 0 Å². The summed E-state index contributed by atoms with van der Waals surface area (Å²) >= 11 is 0. The van der Waals surface area contributed by atoms with Crippen LogP contribution in [0.3, 0.4) is 0 Å². The maximum Gasteiger partial charge on any atom is 0.115 e. The van der Waals surface area contributed by atoms with Crippen LogP contribution in [0.25, 0.3) is 0 Å². The van der Waals surface area contributed by atoms with Gasteiger partial charge >= 0.3 is 0 Å². The van der Waals surface area contributed by atoms with Crippen LogP contribution in [-0.4, -0.2) is 13.0 Å². The number of phenols is 1. The minimum Gasteiger partial charge on any atom is -0.508 e. The second-order valence-electron chi connectivity index (χ2n) is 2.75. The molecular weight excluding hydrogens is 123 g/mol. The summed E-state index contributed by atoms with van der Waals surface area (Å²) in [6.07, 6.45) is 0. The Bertz CT molecular complexity index is 220. The summed E-state index contributed by atoms with van der Waals surface area (Å²) in [6.45, 7) is 2.11. The molecule has 0 aliphatic heterocycles. The molecule has 0 aliphatic carbocycles. The number of phenolic OH excluding ortho intramolecular Hbond substituents is 1. The Morgan fingerprint density at radius 2 is 2.20 bits per heavy atom. The first kappa shape index (κ1) is 7.20. The average molecular weight is 134 g/mol. The molecule has 0 spiro atoms. The Morgan fingerprint density at radius 3 is 2.60 bits per heavy atom. The zero-order chi connectivity index (χ0) is 7.56. The van der Waals surface area contributed by atoms with Crippen molar-refractivity contribution in [2.45, 2.75) is 12.7 Å². The predicted octanol–water partition coefficient (Wildman–Crippen LogP) is 1.09. The maximum absolute atomic E-state index is 9.06. The third-order valence-corrected chi connectivity index (χ3v) is 1.54. The average Bonchev–Trinajstić information content (AvgIpc) is 1.88. The van der Waals surface area contributed by atoms with Gasteiger partial charge < -0.3 is 5.11 Å². The lowest BCUT2D eigenvalue weighted by Gasteiger charge is -2.03. The van der Waals surface area contributed by atoms with Crippen molar-refractivity contribution in [3.05, 3.63) is 29.8 Å². The molecule has 52 valence electrons. The molecule has 10 heavy (non-hydrogen) atoms.